The standard InChI is InChI=1S/C17H14Cl2O2/c1-10-7-12-8-13(15(18)16(19)14(12)17(10)20)21-9-11-5-3-2-4-6-11/h2-6,8,10H,7,9H2,1H3/t10-/m1/s1. The predicted molar refractivity (Wildman–Crippen MR) is 84.4 cm³/mol. The molecule has 0 aliphatic heterocycles. The number of hydrogen-bond acceptors (Lipinski definition) is 2. The van der Waals surface area contributed by atoms with Crippen LogP contribution >= 0.6 is 23.2 Å². The number of hydrogen-bond donors (Lipinski definition) is 0. The van der Waals surface area contributed by atoms with Crippen molar-refractivity contribution in [2.45, 2.75) is 20.0 Å². The van der Waals surface area contributed by atoms with Crippen LogP contribution in [-0.2, 0) is 13.0 Å². The molecule has 0 fully saturated rings. The lowest BCUT2D eigenvalue weighted by atomic mass is 10.1. The van der Waals surface area contributed by atoms with Gasteiger partial charge in [-0.15, -0.1) is 0 Å². The van der Waals surface area contributed by atoms with Crippen LogP contribution in [-0.4, -0.2) is 5.78 Å². The summed E-state index contributed by atoms with van der Waals surface area (Å²) in [6, 6.07) is 11.7. The highest BCUT2D eigenvalue weighted by atomic mass is 35.5. The van der Waals surface area contributed by atoms with Crippen LogP contribution in [0.1, 0.15) is 28.4 Å². The van der Waals surface area contributed by atoms with Crippen molar-refractivity contribution in [3.05, 3.63) is 63.1 Å². The van der Waals surface area contributed by atoms with E-state index >= 15 is 0 Å². The van der Waals surface area contributed by atoms with Crippen LogP contribution in [0.3, 0.4) is 0 Å². The van der Waals surface area contributed by atoms with E-state index in [0.29, 0.717) is 34.4 Å². The summed E-state index contributed by atoms with van der Waals surface area (Å²) in [5.41, 5.74) is 2.53. The summed E-state index contributed by atoms with van der Waals surface area (Å²) in [7, 11) is 0. The van der Waals surface area contributed by atoms with Gasteiger partial charge in [0.25, 0.3) is 0 Å². The molecule has 2 nitrogen and oxygen atoms in total. The van der Waals surface area contributed by atoms with Gasteiger partial charge in [0.15, 0.2) is 5.78 Å². The third-order valence-corrected chi connectivity index (χ3v) is 4.56. The van der Waals surface area contributed by atoms with Crippen molar-refractivity contribution in [2.75, 3.05) is 0 Å². The van der Waals surface area contributed by atoms with Gasteiger partial charge in [0.1, 0.15) is 17.4 Å². The van der Waals surface area contributed by atoms with Crippen LogP contribution in [0.4, 0.5) is 0 Å². The highest BCUT2D eigenvalue weighted by molar-refractivity contribution is 6.45. The maximum atomic E-state index is 12.1. The molecular formula is C17H14Cl2O2. The van der Waals surface area contributed by atoms with Crippen LogP contribution < -0.4 is 4.74 Å². The Morgan fingerprint density at radius 2 is 1.90 bits per heavy atom. The Labute approximate surface area is 133 Å². The SMILES string of the molecule is C[C@@H]1Cc2cc(OCc3ccccc3)c(Cl)c(Cl)c2C1=O. The highest BCUT2D eigenvalue weighted by Gasteiger charge is 2.31. The number of fused-ring (bicyclic) bond motifs is 1. The zero-order valence-electron chi connectivity index (χ0n) is 11.5. The van der Waals surface area contributed by atoms with E-state index in [1.165, 1.54) is 0 Å². The van der Waals surface area contributed by atoms with Crippen LogP contribution in [0, 0.1) is 5.92 Å². The summed E-state index contributed by atoms with van der Waals surface area (Å²) in [4.78, 5) is 12.1. The minimum Gasteiger partial charge on any atom is -0.487 e. The van der Waals surface area contributed by atoms with Crippen molar-refractivity contribution in [1.82, 2.24) is 0 Å². The molecule has 0 saturated carbocycles. The van der Waals surface area contributed by atoms with Crippen molar-refractivity contribution in [3.8, 4) is 5.75 Å². The first-order valence-electron chi connectivity index (χ1n) is 6.79. The second-order valence-corrected chi connectivity index (χ2v) is 6.04. The molecule has 2 aromatic carbocycles. The molecule has 3 rings (SSSR count). The highest BCUT2D eigenvalue weighted by Crippen LogP contribution is 2.42. The number of carbonyl (C=O) groups excluding carboxylic acids is 1. The molecule has 0 bridgehead atoms. The van der Waals surface area contributed by atoms with E-state index < -0.39 is 0 Å². The zero-order chi connectivity index (χ0) is 15.0. The Morgan fingerprint density at radius 1 is 1.19 bits per heavy atom. The third-order valence-electron chi connectivity index (χ3n) is 3.71. The molecule has 0 amide bonds. The molecule has 108 valence electrons. The van der Waals surface area contributed by atoms with Crippen molar-refractivity contribution < 1.29 is 9.53 Å². The maximum Gasteiger partial charge on any atom is 0.167 e. The number of benzene rings is 2. The van der Waals surface area contributed by atoms with Crippen LogP contribution in [0.15, 0.2) is 36.4 Å². The molecule has 0 heterocycles. The summed E-state index contributed by atoms with van der Waals surface area (Å²) in [5.74, 6) is 0.551. The topological polar surface area (TPSA) is 26.3 Å². The Bertz CT molecular complexity index is 696. The van der Waals surface area contributed by atoms with Gasteiger partial charge in [0.05, 0.1) is 5.02 Å². The van der Waals surface area contributed by atoms with Gasteiger partial charge in [-0.25, -0.2) is 0 Å². The van der Waals surface area contributed by atoms with Crippen LogP contribution in [0.5, 0.6) is 5.75 Å². The number of halogens is 2. The van der Waals surface area contributed by atoms with Gasteiger partial charge < -0.3 is 4.74 Å². The quantitative estimate of drug-likeness (QED) is 0.800. The third kappa shape index (κ3) is 2.66. The van der Waals surface area contributed by atoms with Gasteiger partial charge in [-0.05, 0) is 23.6 Å². The van der Waals surface area contributed by atoms with E-state index in [1.54, 1.807) is 0 Å². The monoisotopic (exact) mass is 320 g/mol. The van der Waals surface area contributed by atoms with Gasteiger partial charge in [0.2, 0.25) is 0 Å². The minimum atomic E-state index is -0.0436. The van der Waals surface area contributed by atoms with Crippen molar-refractivity contribution >= 4 is 29.0 Å². The minimum absolute atomic E-state index is 0.0436. The molecule has 0 N–H and O–H groups in total. The maximum absolute atomic E-state index is 12.1. The van der Waals surface area contributed by atoms with Gasteiger partial charge in [0, 0.05) is 11.5 Å². The molecule has 0 radical (unpaired) electrons. The number of ketones is 1. The summed E-state index contributed by atoms with van der Waals surface area (Å²) in [5, 5.41) is 0.625. The smallest absolute Gasteiger partial charge is 0.167 e. The van der Waals surface area contributed by atoms with Crippen molar-refractivity contribution in [1.29, 1.82) is 0 Å². The van der Waals surface area contributed by atoms with E-state index in [2.05, 4.69) is 0 Å². The molecule has 4 heteroatoms. The Hall–Kier alpha value is -1.51. The van der Waals surface area contributed by atoms with E-state index in [9.17, 15) is 4.79 Å². The average Bonchev–Trinajstić information content (AvgIpc) is 2.77. The van der Waals surface area contributed by atoms with Gasteiger partial charge in [-0.1, -0.05) is 60.5 Å². The molecule has 0 spiro atoms. The van der Waals surface area contributed by atoms with Crippen molar-refractivity contribution in [2.24, 2.45) is 5.92 Å². The molecule has 1 aliphatic carbocycles. The van der Waals surface area contributed by atoms with Gasteiger partial charge >= 0.3 is 0 Å². The van der Waals surface area contributed by atoms with Gasteiger partial charge in [-0.2, -0.15) is 0 Å². The number of ether oxygens (including phenoxy) is 1. The van der Waals surface area contributed by atoms with Crippen LogP contribution in [0.25, 0.3) is 0 Å². The Balaban J connectivity index is 1.89. The summed E-state index contributed by atoms with van der Waals surface area (Å²) >= 11 is 12.5. The number of Topliss-reactive ketones (excluding diaryl/α,β-unsaturated/α-hetero) is 1. The van der Waals surface area contributed by atoms with E-state index in [-0.39, 0.29) is 11.7 Å². The fraction of sp³-hybridized carbons (Fsp3) is 0.235. The number of carbonyl (C=O) groups is 1. The normalized spacial score (nSPS) is 16.9. The average molecular weight is 321 g/mol. The lowest BCUT2D eigenvalue weighted by Crippen LogP contribution is -2.04. The van der Waals surface area contributed by atoms with Crippen molar-refractivity contribution in [3.63, 3.8) is 0 Å². The Kier molecular flexibility index (Phi) is 3.92. The molecular weight excluding hydrogens is 307 g/mol. The first-order valence-corrected chi connectivity index (χ1v) is 7.55. The molecule has 0 aromatic heterocycles. The fourth-order valence-electron chi connectivity index (χ4n) is 2.59. The fourth-order valence-corrected chi connectivity index (χ4v) is 3.10. The van der Waals surface area contributed by atoms with E-state index in [1.807, 2.05) is 43.3 Å². The predicted octanol–water partition coefficient (Wildman–Crippen LogP) is 4.95. The molecule has 1 atom stereocenters. The second kappa shape index (κ2) is 5.70. The molecule has 0 unspecified atom stereocenters. The molecule has 2 aromatic rings. The molecule has 0 saturated heterocycles. The lowest BCUT2D eigenvalue weighted by Gasteiger charge is -2.12. The summed E-state index contributed by atoms with van der Waals surface area (Å²) in [6.45, 7) is 2.32. The molecule has 1 aliphatic rings. The first-order chi connectivity index (χ1) is 10.1. The van der Waals surface area contributed by atoms with E-state index in [4.69, 9.17) is 27.9 Å². The number of rotatable bonds is 3. The molecule has 21 heavy (non-hydrogen) atoms. The van der Waals surface area contributed by atoms with E-state index in [0.717, 1.165) is 11.1 Å². The van der Waals surface area contributed by atoms with Crippen LogP contribution in [0.2, 0.25) is 10.0 Å². The second-order valence-electron chi connectivity index (χ2n) is 5.28. The summed E-state index contributed by atoms with van der Waals surface area (Å²) < 4.78 is 5.77. The lowest BCUT2D eigenvalue weighted by molar-refractivity contribution is 0.0946. The van der Waals surface area contributed by atoms with Gasteiger partial charge in [-0.3, -0.25) is 4.79 Å². The summed E-state index contributed by atoms with van der Waals surface area (Å²) in [6.07, 6.45) is 0.687. The largest absolute Gasteiger partial charge is 0.487 e. The Morgan fingerprint density at radius 3 is 2.62 bits per heavy atom. The zero-order valence-corrected chi connectivity index (χ0v) is 13.0. The first kappa shape index (κ1) is 14.4.